The molecule has 0 aliphatic rings. The van der Waals surface area contributed by atoms with Gasteiger partial charge in [-0.2, -0.15) is 0 Å². The van der Waals surface area contributed by atoms with E-state index >= 15 is 0 Å². The molecule has 0 aliphatic heterocycles. The summed E-state index contributed by atoms with van der Waals surface area (Å²) in [6, 6.07) is 11.1. The van der Waals surface area contributed by atoms with Gasteiger partial charge >= 0.3 is 0 Å². The molecule has 1 heterocycles. The Labute approximate surface area is 100 Å². The molecule has 0 saturated heterocycles. The lowest BCUT2D eigenvalue weighted by Gasteiger charge is -2.07. The minimum Gasteiger partial charge on any atom is -0.397 e. The topological polar surface area (TPSA) is 60.1 Å². The third-order valence-electron chi connectivity index (χ3n) is 2.75. The Morgan fingerprint density at radius 3 is 2.47 bits per heavy atom. The Bertz CT molecular complexity index is 543. The van der Waals surface area contributed by atoms with Crippen LogP contribution in [0, 0.1) is 6.92 Å². The van der Waals surface area contributed by atoms with Gasteiger partial charge in [-0.15, -0.1) is 0 Å². The molecule has 3 N–H and O–H groups in total. The van der Waals surface area contributed by atoms with Crippen LogP contribution < -0.4 is 11.1 Å². The largest absolute Gasteiger partial charge is 0.397 e. The standard InChI is InChI=1S/C13H15N3O/c1-9-8-11(14)12(16(9)2)13(17)15-10-6-4-3-5-7-10/h3-8H,14H2,1-2H3,(H,15,17). The van der Waals surface area contributed by atoms with Crippen LogP contribution in [0.3, 0.4) is 0 Å². The normalized spacial score (nSPS) is 10.2. The number of nitrogen functional groups attached to an aromatic ring is 1. The van der Waals surface area contributed by atoms with Crippen LogP contribution in [-0.2, 0) is 7.05 Å². The van der Waals surface area contributed by atoms with Gasteiger partial charge in [0, 0.05) is 18.4 Å². The van der Waals surface area contributed by atoms with E-state index in [2.05, 4.69) is 5.32 Å². The summed E-state index contributed by atoms with van der Waals surface area (Å²) in [5.41, 5.74) is 8.52. The minimum atomic E-state index is -0.190. The van der Waals surface area contributed by atoms with Gasteiger partial charge in [-0.1, -0.05) is 18.2 Å². The molecule has 0 fully saturated rings. The van der Waals surface area contributed by atoms with Gasteiger partial charge in [0.05, 0.1) is 5.69 Å². The number of hydrogen-bond donors (Lipinski definition) is 2. The van der Waals surface area contributed by atoms with Gasteiger partial charge in [-0.25, -0.2) is 0 Å². The van der Waals surface area contributed by atoms with Crippen LogP contribution in [0.5, 0.6) is 0 Å². The van der Waals surface area contributed by atoms with Crippen molar-refractivity contribution in [2.45, 2.75) is 6.92 Å². The van der Waals surface area contributed by atoms with E-state index in [1.165, 1.54) is 0 Å². The van der Waals surface area contributed by atoms with Crippen molar-refractivity contribution >= 4 is 17.3 Å². The number of nitrogens with one attached hydrogen (secondary N) is 1. The van der Waals surface area contributed by atoms with E-state index in [1.54, 1.807) is 10.6 Å². The first-order valence-corrected chi connectivity index (χ1v) is 5.38. The summed E-state index contributed by atoms with van der Waals surface area (Å²) in [7, 11) is 1.82. The lowest BCUT2D eigenvalue weighted by molar-refractivity contribution is 0.102. The molecule has 17 heavy (non-hydrogen) atoms. The van der Waals surface area contributed by atoms with Gasteiger partial charge in [-0.3, -0.25) is 4.79 Å². The Morgan fingerprint density at radius 2 is 1.94 bits per heavy atom. The summed E-state index contributed by atoms with van der Waals surface area (Å²) in [5, 5.41) is 2.81. The first kappa shape index (κ1) is 11.3. The fraction of sp³-hybridized carbons (Fsp3) is 0.154. The first-order valence-electron chi connectivity index (χ1n) is 5.38. The Kier molecular flexibility index (Phi) is 2.87. The second-order valence-electron chi connectivity index (χ2n) is 3.97. The summed E-state index contributed by atoms with van der Waals surface area (Å²) in [6.45, 7) is 1.91. The molecule has 0 saturated carbocycles. The van der Waals surface area contributed by atoms with E-state index < -0.39 is 0 Å². The van der Waals surface area contributed by atoms with E-state index in [1.807, 2.05) is 44.3 Å². The van der Waals surface area contributed by atoms with E-state index in [-0.39, 0.29) is 5.91 Å². The van der Waals surface area contributed by atoms with Crippen molar-refractivity contribution in [2.75, 3.05) is 11.1 Å². The molecule has 88 valence electrons. The molecule has 1 aromatic carbocycles. The molecule has 2 aromatic rings. The highest BCUT2D eigenvalue weighted by Gasteiger charge is 2.15. The van der Waals surface area contributed by atoms with Crippen LogP contribution in [0.25, 0.3) is 0 Å². The SMILES string of the molecule is Cc1cc(N)c(C(=O)Nc2ccccc2)n1C. The number of aromatic nitrogens is 1. The second-order valence-corrected chi connectivity index (χ2v) is 3.97. The van der Waals surface area contributed by atoms with Gasteiger partial charge in [0.2, 0.25) is 0 Å². The fourth-order valence-corrected chi connectivity index (χ4v) is 1.76. The predicted octanol–water partition coefficient (Wildman–Crippen LogP) is 2.17. The molecule has 0 aliphatic carbocycles. The van der Waals surface area contributed by atoms with Crippen molar-refractivity contribution in [3.63, 3.8) is 0 Å². The molecule has 1 amide bonds. The second kappa shape index (κ2) is 4.33. The van der Waals surface area contributed by atoms with Crippen LogP contribution in [0.4, 0.5) is 11.4 Å². The van der Waals surface area contributed by atoms with Crippen molar-refractivity contribution < 1.29 is 4.79 Å². The molecular formula is C13H15N3O. The maximum absolute atomic E-state index is 12.1. The number of para-hydroxylation sites is 1. The average Bonchev–Trinajstić information content (AvgIpc) is 2.54. The Hall–Kier alpha value is -2.23. The van der Waals surface area contributed by atoms with Crippen molar-refractivity contribution in [1.29, 1.82) is 0 Å². The van der Waals surface area contributed by atoms with Crippen LogP contribution in [-0.4, -0.2) is 10.5 Å². The van der Waals surface area contributed by atoms with Crippen LogP contribution in [0.15, 0.2) is 36.4 Å². The fourth-order valence-electron chi connectivity index (χ4n) is 1.76. The molecule has 1 aromatic heterocycles. The third kappa shape index (κ3) is 2.15. The highest BCUT2D eigenvalue weighted by molar-refractivity contribution is 6.06. The number of anilines is 2. The zero-order valence-corrected chi connectivity index (χ0v) is 9.90. The number of nitrogens with two attached hydrogens (primary N) is 1. The molecule has 0 unspecified atom stereocenters. The zero-order chi connectivity index (χ0) is 12.4. The number of amides is 1. The Balaban J connectivity index is 2.27. The van der Waals surface area contributed by atoms with Crippen molar-refractivity contribution in [2.24, 2.45) is 7.05 Å². The molecule has 4 heteroatoms. The Morgan fingerprint density at radius 1 is 1.29 bits per heavy atom. The van der Waals surface area contributed by atoms with E-state index in [9.17, 15) is 4.79 Å². The molecule has 0 atom stereocenters. The van der Waals surface area contributed by atoms with Gasteiger partial charge in [-0.05, 0) is 25.1 Å². The highest BCUT2D eigenvalue weighted by Crippen LogP contribution is 2.18. The summed E-state index contributed by atoms with van der Waals surface area (Å²) in [4.78, 5) is 12.1. The third-order valence-corrected chi connectivity index (χ3v) is 2.75. The van der Waals surface area contributed by atoms with Crippen molar-refractivity contribution in [3.8, 4) is 0 Å². The number of benzene rings is 1. The zero-order valence-electron chi connectivity index (χ0n) is 9.90. The number of carbonyl (C=O) groups is 1. The maximum atomic E-state index is 12.1. The van der Waals surface area contributed by atoms with Crippen molar-refractivity contribution in [1.82, 2.24) is 4.57 Å². The number of nitrogens with zero attached hydrogens (tertiary/aromatic N) is 1. The highest BCUT2D eigenvalue weighted by atomic mass is 16.2. The molecule has 0 radical (unpaired) electrons. The molecule has 2 rings (SSSR count). The van der Waals surface area contributed by atoms with Gasteiger partial charge in [0.15, 0.2) is 0 Å². The molecule has 0 spiro atoms. The number of rotatable bonds is 2. The van der Waals surface area contributed by atoms with E-state index in [0.29, 0.717) is 11.4 Å². The lowest BCUT2D eigenvalue weighted by atomic mass is 10.3. The quantitative estimate of drug-likeness (QED) is 0.829. The van der Waals surface area contributed by atoms with Crippen LogP contribution >= 0.6 is 0 Å². The lowest BCUT2D eigenvalue weighted by Crippen LogP contribution is -2.17. The summed E-state index contributed by atoms with van der Waals surface area (Å²) < 4.78 is 1.79. The van der Waals surface area contributed by atoms with E-state index in [4.69, 9.17) is 5.73 Å². The van der Waals surface area contributed by atoms with Gasteiger partial charge in [0.25, 0.3) is 5.91 Å². The number of carbonyl (C=O) groups excluding carboxylic acids is 1. The number of hydrogen-bond acceptors (Lipinski definition) is 2. The van der Waals surface area contributed by atoms with Gasteiger partial charge in [0.1, 0.15) is 5.69 Å². The summed E-state index contributed by atoms with van der Waals surface area (Å²) in [6.07, 6.45) is 0. The van der Waals surface area contributed by atoms with Crippen molar-refractivity contribution in [3.05, 3.63) is 47.8 Å². The predicted molar refractivity (Wildman–Crippen MR) is 69.0 cm³/mol. The minimum absolute atomic E-state index is 0.190. The average molecular weight is 229 g/mol. The van der Waals surface area contributed by atoms with E-state index in [0.717, 1.165) is 11.4 Å². The van der Waals surface area contributed by atoms with Crippen LogP contribution in [0.1, 0.15) is 16.2 Å². The summed E-state index contributed by atoms with van der Waals surface area (Å²) in [5.74, 6) is -0.190. The maximum Gasteiger partial charge on any atom is 0.274 e. The summed E-state index contributed by atoms with van der Waals surface area (Å²) >= 11 is 0. The molecule has 4 nitrogen and oxygen atoms in total. The molecular weight excluding hydrogens is 214 g/mol. The molecule has 0 bridgehead atoms. The first-order chi connectivity index (χ1) is 8.09. The van der Waals surface area contributed by atoms with Crippen LogP contribution in [0.2, 0.25) is 0 Å². The van der Waals surface area contributed by atoms with Gasteiger partial charge < -0.3 is 15.6 Å². The smallest absolute Gasteiger partial charge is 0.274 e. The monoisotopic (exact) mass is 229 g/mol. The number of aryl methyl sites for hydroxylation is 1.